The van der Waals surface area contributed by atoms with Crippen molar-refractivity contribution in [3.8, 4) is 0 Å². The van der Waals surface area contributed by atoms with E-state index >= 15 is 0 Å². The van der Waals surface area contributed by atoms with Crippen molar-refractivity contribution in [2.24, 2.45) is 0 Å². The van der Waals surface area contributed by atoms with Gasteiger partial charge in [-0.15, -0.1) is 4.72 Å². The summed E-state index contributed by atoms with van der Waals surface area (Å²) in [5, 5.41) is 0. The number of hydrogen-bond acceptors (Lipinski definition) is 3. The van der Waals surface area contributed by atoms with E-state index in [1.165, 1.54) is 0 Å². The lowest BCUT2D eigenvalue weighted by atomic mass is 10.0. The molecule has 6 heteroatoms. The fourth-order valence-corrected chi connectivity index (χ4v) is 3.27. The van der Waals surface area contributed by atoms with Crippen LogP contribution < -0.4 is 4.72 Å². The number of nitrogens with one attached hydrogen (secondary N) is 1. The van der Waals surface area contributed by atoms with E-state index in [2.05, 4.69) is 25.6 Å². The summed E-state index contributed by atoms with van der Waals surface area (Å²) in [6.45, 7) is 5.23. The molecule has 2 rings (SSSR count). The van der Waals surface area contributed by atoms with Gasteiger partial charge in [0, 0.05) is 22.0 Å². The largest absolute Gasteiger partial charge is 0.598 e. The second kappa shape index (κ2) is 7.75. The summed E-state index contributed by atoms with van der Waals surface area (Å²) in [5.74, 6) is 0. The lowest BCUT2D eigenvalue weighted by Crippen LogP contribution is -2.41. The molecule has 0 saturated carbocycles. The van der Waals surface area contributed by atoms with Gasteiger partial charge < -0.3 is 4.55 Å². The molecule has 0 saturated heterocycles. The highest BCUT2D eigenvalue weighted by Crippen LogP contribution is 2.29. The molecule has 0 aliphatic carbocycles. The molecule has 124 valence electrons. The minimum Gasteiger partial charge on any atom is -0.598 e. The molecule has 3 nitrogen and oxygen atoms in total. The Morgan fingerprint density at radius 1 is 1.26 bits per heavy atom. The van der Waals surface area contributed by atoms with Gasteiger partial charge in [0.25, 0.3) is 0 Å². The van der Waals surface area contributed by atoms with E-state index in [1.54, 1.807) is 18.3 Å². The van der Waals surface area contributed by atoms with Gasteiger partial charge in [-0.2, -0.15) is 0 Å². The van der Waals surface area contributed by atoms with Gasteiger partial charge in [-0.05, 0) is 60.0 Å². The summed E-state index contributed by atoms with van der Waals surface area (Å²) < 4.78 is 28.9. The molecule has 1 N–H and O–H groups in total. The molecule has 0 spiro atoms. The molecule has 23 heavy (non-hydrogen) atoms. The molecule has 2 atom stereocenters. The minimum absolute atomic E-state index is 0.348. The molecule has 2 aromatic rings. The van der Waals surface area contributed by atoms with Crippen LogP contribution in [0.4, 0.5) is 4.39 Å². The van der Waals surface area contributed by atoms with Crippen LogP contribution in [0.3, 0.4) is 0 Å². The van der Waals surface area contributed by atoms with Crippen molar-refractivity contribution in [2.75, 3.05) is 0 Å². The number of halogens is 2. The molecule has 1 heterocycles. The number of hydrogen-bond donors (Lipinski definition) is 1. The maximum atomic E-state index is 12.7. The molecule has 0 bridgehead atoms. The quantitative estimate of drug-likeness (QED) is 0.756. The fraction of sp³-hybridized carbons (Fsp3) is 0.353. The number of rotatable bonds is 5. The van der Waals surface area contributed by atoms with Crippen LogP contribution in [0.5, 0.6) is 0 Å². The van der Waals surface area contributed by atoms with Gasteiger partial charge in [0.2, 0.25) is 0 Å². The third-order valence-corrected chi connectivity index (χ3v) is 5.54. The van der Waals surface area contributed by atoms with Crippen molar-refractivity contribution in [3.05, 3.63) is 63.9 Å². The summed E-state index contributed by atoms with van der Waals surface area (Å²) in [5.41, 5.74) is 2.25. The lowest BCUT2D eigenvalue weighted by Gasteiger charge is -2.28. The van der Waals surface area contributed by atoms with Crippen molar-refractivity contribution >= 4 is 27.3 Å². The van der Waals surface area contributed by atoms with Crippen molar-refractivity contribution in [1.29, 1.82) is 0 Å². The Labute approximate surface area is 148 Å². The summed E-state index contributed by atoms with van der Waals surface area (Å²) in [6, 6.07) is 10.5. The minimum atomic E-state index is -1.27. The van der Waals surface area contributed by atoms with Crippen LogP contribution in [0.2, 0.25) is 0 Å². The first-order valence-corrected chi connectivity index (χ1v) is 9.20. The molecular formula is C17H20BrFN2OS. The molecule has 1 aromatic heterocycles. The molecule has 0 amide bonds. The third kappa shape index (κ3) is 4.76. The SMILES string of the molecule is CC(C)(C)[S+]([O-])N[C@@H](c1ccc(CF)cc1)c1ncccc1Br. The molecular weight excluding hydrogens is 379 g/mol. The highest BCUT2D eigenvalue weighted by atomic mass is 79.9. The number of aromatic nitrogens is 1. The average molecular weight is 399 g/mol. The van der Waals surface area contributed by atoms with Crippen molar-refractivity contribution in [1.82, 2.24) is 9.71 Å². The van der Waals surface area contributed by atoms with Crippen molar-refractivity contribution in [2.45, 2.75) is 38.2 Å². The normalized spacial score (nSPS) is 14.5. The van der Waals surface area contributed by atoms with E-state index in [-0.39, 0.29) is 6.04 Å². The van der Waals surface area contributed by atoms with Crippen LogP contribution in [0, 0.1) is 0 Å². The fourth-order valence-electron chi connectivity index (χ4n) is 1.98. The second-order valence-corrected chi connectivity index (χ2v) is 9.03. The van der Waals surface area contributed by atoms with Gasteiger partial charge in [-0.1, -0.05) is 24.3 Å². The van der Waals surface area contributed by atoms with Gasteiger partial charge in [-0.25, -0.2) is 4.39 Å². The second-order valence-electron chi connectivity index (χ2n) is 6.18. The molecule has 0 fully saturated rings. The monoisotopic (exact) mass is 398 g/mol. The van der Waals surface area contributed by atoms with E-state index in [0.717, 1.165) is 15.7 Å². The predicted octanol–water partition coefficient (Wildman–Crippen LogP) is 4.45. The molecule has 0 aliphatic rings. The van der Waals surface area contributed by atoms with E-state index in [4.69, 9.17) is 0 Å². The zero-order valence-corrected chi connectivity index (χ0v) is 15.7. The summed E-state index contributed by atoms with van der Waals surface area (Å²) in [4.78, 5) is 4.41. The van der Waals surface area contributed by atoms with E-state index in [1.807, 2.05) is 45.0 Å². The number of alkyl halides is 1. The zero-order valence-electron chi connectivity index (χ0n) is 13.3. The number of benzene rings is 1. The van der Waals surface area contributed by atoms with E-state index in [0.29, 0.717) is 5.56 Å². The standard InChI is InChI=1S/C17H20BrFN2OS/c1-17(2,3)23(22)21-15(16-14(18)5-4-10-20-16)13-8-6-12(11-19)7-9-13/h4-10,15,21H,11H2,1-3H3/t15-,23?/m0/s1. The maximum Gasteiger partial charge on any atom is 0.136 e. The first-order chi connectivity index (χ1) is 10.8. The van der Waals surface area contributed by atoms with Gasteiger partial charge in [0.05, 0.1) is 5.69 Å². The van der Waals surface area contributed by atoms with Crippen LogP contribution in [-0.4, -0.2) is 14.3 Å². The lowest BCUT2D eigenvalue weighted by molar-refractivity contribution is 0.485. The molecule has 0 aliphatic heterocycles. The zero-order chi connectivity index (χ0) is 17.0. The molecule has 1 unspecified atom stereocenters. The van der Waals surface area contributed by atoms with Gasteiger partial charge in [-0.3, -0.25) is 4.98 Å². The van der Waals surface area contributed by atoms with E-state index < -0.39 is 22.8 Å². The Bertz CT molecular complexity index is 646. The van der Waals surface area contributed by atoms with Crippen LogP contribution in [-0.2, 0) is 18.0 Å². The number of nitrogens with zero attached hydrogens (tertiary/aromatic N) is 1. The van der Waals surface area contributed by atoms with Crippen LogP contribution in [0.25, 0.3) is 0 Å². The first-order valence-electron chi connectivity index (χ1n) is 7.26. The Balaban J connectivity index is 2.40. The average Bonchev–Trinajstić information content (AvgIpc) is 2.52. The summed E-state index contributed by atoms with van der Waals surface area (Å²) in [6.07, 6.45) is 1.70. The summed E-state index contributed by atoms with van der Waals surface area (Å²) >= 11 is 2.23. The Hall–Kier alpha value is -0.950. The maximum absolute atomic E-state index is 12.7. The molecule has 0 radical (unpaired) electrons. The predicted molar refractivity (Wildman–Crippen MR) is 96.1 cm³/mol. The smallest absolute Gasteiger partial charge is 0.136 e. The van der Waals surface area contributed by atoms with E-state index in [9.17, 15) is 8.94 Å². The number of pyridine rings is 1. The summed E-state index contributed by atoms with van der Waals surface area (Å²) in [7, 11) is 0. The Morgan fingerprint density at radius 3 is 2.43 bits per heavy atom. The Kier molecular flexibility index (Phi) is 6.19. The Morgan fingerprint density at radius 2 is 1.91 bits per heavy atom. The van der Waals surface area contributed by atoms with Crippen LogP contribution >= 0.6 is 15.9 Å². The highest BCUT2D eigenvalue weighted by molar-refractivity contribution is 9.10. The topological polar surface area (TPSA) is 48.0 Å². The molecule has 1 aromatic carbocycles. The van der Waals surface area contributed by atoms with Gasteiger partial charge in [0.15, 0.2) is 0 Å². The third-order valence-electron chi connectivity index (χ3n) is 3.31. The first kappa shape index (κ1) is 18.4. The highest BCUT2D eigenvalue weighted by Gasteiger charge is 2.31. The van der Waals surface area contributed by atoms with Crippen molar-refractivity contribution in [3.63, 3.8) is 0 Å². The van der Waals surface area contributed by atoms with Gasteiger partial charge in [0.1, 0.15) is 17.5 Å². The van der Waals surface area contributed by atoms with Crippen LogP contribution in [0.15, 0.2) is 47.1 Å². The van der Waals surface area contributed by atoms with Crippen LogP contribution in [0.1, 0.15) is 43.6 Å². The van der Waals surface area contributed by atoms with Gasteiger partial charge >= 0.3 is 0 Å². The van der Waals surface area contributed by atoms with Crippen molar-refractivity contribution < 1.29 is 8.94 Å².